The number of rotatable bonds is 7. The molecule has 2 rings (SSSR count). The average molecular weight is 331 g/mol. The van der Waals surface area contributed by atoms with Crippen LogP contribution in [0, 0.1) is 0 Å². The van der Waals surface area contributed by atoms with Gasteiger partial charge in [0.1, 0.15) is 12.7 Å². The van der Waals surface area contributed by atoms with Gasteiger partial charge in [0.05, 0.1) is 6.10 Å². The van der Waals surface area contributed by atoms with Crippen molar-refractivity contribution in [3.8, 4) is 0 Å². The molecule has 1 aromatic carbocycles. The van der Waals surface area contributed by atoms with E-state index in [9.17, 15) is 15.0 Å². The van der Waals surface area contributed by atoms with Crippen molar-refractivity contribution in [2.75, 3.05) is 12.3 Å². The summed E-state index contributed by atoms with van der Waals surface area (Å²) in [6.07, 6.45) is 0.233. The molecule has 24 heavy (non-hydrogen) atoms. The number of nitrogens with one attached hydrogen (secondary N) is 1. The Balaban J connectivity index is 1.71. The molecule has 5 N–H and O–H groups in total. The highest BCUT2D eigenvalue weighted by molar-refractivity contribution is 5.67. The SMILES string of the molecule is Nc1ccncc1C(O)C(O)CCNC(=O)OCc1ccccc1. The van der Waals surface area contributed by atoms with Gasteiger partial charge < -0.3 is 26.0 Å². The number of aromatic nitrogens is 1. The number of carbonyl (C=O) groups is 1. The number of alkyl carbamates (subject to hydrolysis) is 1. The van der Waals surface area contributed by atoms with Crippen molar-refractivity contribution >= 4 is 11.8 Å². The Hall–Kier alpha value is -2.64. The number of hydrogen-bond acceptors (Lipinski definition) is 6. The molecule has 0 aliphatic carbocycles. The molecule has 2 atom stereocenters. The lowest BCUT2D eigenvalue weighted by atomic mass is 10.0. The third-order valence-electron chi connectivity index (χ3n) is 3.49. The molecule has 7 nitrogen and oxygen atoms in total. The molecule has 0 saturated heterocycles. The minimum absolute atomic E-state index is 0.149. The summed E-state index contributed by atoms with van der Waals surface area (Å²) < 4.78 is 5.05. The number of nitrogen functional groups attached to an aromatic ring is 1. The summed E-state index contributed by atoms with van der Waals surface area (Å²) >= 11 is 0. The van der Waals surface area contributed by atoms with Crippen molar-refractivity contribution in [1.29, 1.82) is 0 Å². The molecule has 0 spiro atoms. The van der Waals surface area contributed by atoms with Gasteiger partial charge in [0.15, 0.2) is 0 Å². The number of aliphatic hydroxyl groups excluding tert-OH is 2. The average Bonchev–Trinajstić information content (AvgIpc) is 2.60. The van der Waals surface area contributed by atoms with Gasteiger partial charge >= 0.3 is 6.09 Å². The third-order valence-corrected chi connectivity index (χ3v) is 3.49. The summed E-state index contributed by atoms with van der Waals surface area (Å²) in [6.45, 7) is 0.329. The van der Waals surface area contributed by atoms with Crippen molar-refractivity contribution in [1.82, 2.24) is 10.3 Å². The summed E-state index contributed by atoms with van der Waals surface area (Å²) in [5.41, 5.74) is 7.33. The van der Waals surface area contributed by atoms with E-state index in [0.29, 0.717) is 11.3 Å². The normalized spacial score (nSPS) is 13.1. The molecular weight excluding hydrogens is 310 g/mol. The number of benzene rings is 1. The van der Waals surface area contributed by atoms with Gasteiger partial charge in [0.2, 0.25) is 0 Å². The predicted molar refractivity (Wildman–Crippen MR) is 88.9 cm³/mol. The van der Waals surface area contributed by atoms with Crippen LogP contribution in [0.4, 0.5) is 10.5 Å². The van der Waals surface area contributed by atoms with Crippen LogP contribution in [0.25, 0.3) is 0 Å². The number of hydrogen-bond donors (Lipinski definition) is 4. The summed E-state index contributed by atoms with van der Waals surface area (Å²) in [7, 11) is 0. The zero-order chi connectivity index (χ0) is 17.4. The fourth-order valence-electron chi connectivity index (χ4n) is 2.13. The van der Waals surface area contributed by atoms with Gasteiger partial charge in [0.25, 0.3) is 0 Å². The first-order chi connectivity index (χ1) is 11.6. The lowest BCUT2D eigenvalue weighted by Crippen LogP contribution is -2.30. The number of aliphatic hydroxyl groups is 2. The highest BCUT2D eigenvalue weighted by Crippen LogP contribution is 2.23. The number of anilines is 1. The Morgan fingerprint density at radius 3 is 2.71 bits per heavy atom. The van der Waals surface area contributed by atoms with E-state index in [4.69, 9.17) is 10.5 Å². The van der Waals surface area contributed by atoms with E-state index >= 15 is 0 Å². The van der Waals surface area contributed by atoms with Crippen LogP contribution in [0.3, 0.4) is 0 Å². The highest BCUT2D eigenvalue weighted by atomic mass is 16.5. The van der Waals surface area contributed by atoms with E-state index in [1.807, 2.05) is 30.3 Å². The molecule has 0 aliphatic rings. The van der Waals surface area contributed by atoms with E-state index in [-0.39, 0.29) is 19.6 Å². The Labute approximate surface area is 140 Å². The van der Waals surface area contributed by atoms with Crippen LogP contribution in [-0.4, -0.2) is 33.9 Å². The molecule has 0 fully saturated rings. The zero-order valence-corrected chi connectivity index (χ0v) is 13.1. The number of nitrogens with zero attached hydrogens (tertiary/aromatic N) is 1. The quantitative estimate of drug-likeness (QED) is 0.609. The Morgan fingerprint density at radius 1 is 1.25 bits per heavy atom. The van der Waals surface area contributed by atoms with Crippen LogP contribution in [0.1, 0.15) is 23.7 Å². The second kappa shape index (κ2) is 8.85. The number of pyridine rings is 1. The number of ether oxygens (including phenoxy) is 1. The Kier molecular flexibility index (Phi) is 6.53. The van der Waals surface area contributed by atoms with Crippen LogP contribution in [0.15, 0.2) is 48.8 Å². The molecule has 0 aliphatic heterocycles. The molecule has 7 heteroatoms. The Morgan fingerprint density at radius 2 is 2.00 bits per heavy atom. The van der Waals surface area contributed by atoms with Crippen molar-refractivity contribution in [2.45, 2.75) is 25.2 Å². The fraction of sp³-hybridized carbons (Fsp3) is 0.294. The van der Waals surface area contributed by atoms with Crippen LogP contribution in [-0.2, 0) is 11.3 Å². The van der Waals surface area contributed by atoms with Crippen LogP contribution in [0.5, 0.6) is 0 Å². The summed E-state index contributed by atoms with van der Waals surface area (Å²) in [5.74, 6) is 0. The predicted octanol–water partition coefficient (Wildman–Crippen LogP) is 1.37. The number of carbonyl (C=O) groups excluding carboxylic acids is 1. The lowest BCUT2D eigenvalue weighted by molar-refractivity contribution is 0.0138. The summed E-state index contributed by atoms with van der Waals surface area (Å²) in [4.78, 5) is 15.5. The second-order valence-corrected chi connectivity index (χ2v) is 5.29. The van der Waals surface area contributed by atoms with Gasteiger partial charge in [-0.2, -0.15) is 0 Å². The largest absolute Gasteiger partial charge is 0.445 e. The van der Waals surface area contributed by atoms with Gasteiger partial charge in [-0.15, -0.1) is 0 Å². The monoisotopic (exact) mass is 331 g/mol. The molecule has 0 radical (unpaired) electrons. The maximum absolute atomic E-state index is 11.6. The van der Waals surface area contributed by atoms with E-state index in [2.05, 4.69) is 10.3 Å². The van der Waals surface area contributed by atoms with Crippen molar-refractivity contribution in [3.63, 3.8) is 0 Å². The Bertz CT molecular complexity index is 651. The van der Waals surface area contributed by atoms with Gasteiger partial charge in [-0.25, -0.2) is 4.79 Å². The molecule has 128 valence electrons. The first-order valence-corrected chi connectivity index (χ1v) is 7.58. The van der Waals surface area contributed by atoms with Crippen LogP contribution >= 0.6 is 0 Å². The van der Waals surface area contributed by atoms with Gasteiger partial charge in [-0.3, -0.25) is 4.98 Å². The second-order valence-electron chi connectivity index (χ2n) is 5.29. The summed E-state index contributed by atoms with van der Waals surface area (Å²) in [6, 6.07) is 10.9. The van der Waals surface area contributed by atoms with Gasteiger partial charge in [0, 0.05) is 30.2 Å². The molecule has 2 unspecified atom stereocenters. The molecule has 2 aromatic rings. The van der Waals surface area contributed by atoms with E-state index in [0.717, 1.165) is 5.56 Å². The minimum atomic E-state index is -1.17. The fourth-order valence-corrected chi connectivity index (χ4v) is 2.13. The van der Waals surface area contributed by atoms with Crippen molar-refractivity contribution in [3.05, 3.63) is 59.9 Å². The molecule has 0 saturated carbocycles. The van der Waals surface area contributed by atoms with Gasteiger partial charge in [-0.05, 0) is 18.1 Å². The van der Waals surface area contributed by atoms with Crippen molar-refractivity contribution in [2.24, 2.45) is 0 Å². The van der Waals surface area contributed by atoms with Crippen LogP contribution in [0.2, 0.25) is 0 Å². The minimum Gasteiger partial charge on any atom is -0.445 e. The maximum atomic E-state index is 11.6. The van der Waals surface area contributed by atoms with Gasteiger partial charge in [-0.1, -0.05) is 30.3 Å². The van der Waals surface area contributed by atoms with Crippen LogP contribution < -0.4 is 11.1 Å². The maximum Gasteiger partial charge on any atom is 0.407 e. The molecule has 1 amide bonds. The van der Waals surface area contributed by atoms with E-state index in [1.54, 1.807) is 6.07 Å². The highest BCUT2D eigenvalue weighted by Gasteiger charge is 2.20. The van der Waals surface area contributed by atoms with Crippen molar-refractivity contribution < 1.29 is 19.7 Å². The third kappa shape index (κ3) is 5.22. The molecule has 1 aromatic heterocycles. The van der Waals surface area contributed by atoms with E-state index in [1.165, 1.54) is 12.4 Å². The first kappa shape index (κ1) is 17.7. The standard InChI is InChI=1S/C17H21N3O4/c18-14-6-8-19-10-13(14)16(22)15(21)7-9-20-17(23)24-11-12-4-2-1-3-5-12/h1-6,8,10,15-16,21-22H,7,9,11H2,(H2,18,19)(H,20,23). The number of nitrogens with two attached hydrogens (primary N) is 1. The number of amides is 1. The lowest BCUT2D eigenvalue weighted by Gasteiger charge is -2.19. The van der Waals surface area contributed by atoms with E-state index < -0.39 is 18.3 Å². The topological polar surface area (TPSA) is 118 Å². The molecular formula is C17H21N3O4. The molecule has 1 heterocycles. The molecule has 0 bridgehead atoms. The smallest absolute Gasteiger partial charge is 0.407 e. The summed E-state index contributed by atoms with van der Waals surface area (Å²) in [5, 5.41) is 22.6. The first-order valence-electron chi connectivity index (χ1n) is 7.58. The zero-order valence-electron chi connectivity index (χ0n) is 13.1.